The predicted molar refractivity (Wildman–Crippen MR) is 41.7 cm³/mol. The van der Waals surface area contributed by atoms with E-state index in [0.29, 0.717) is 11.0 Å². The van der Waals surface area contributed by atoms with Crippen LogP contribution >= 0.6 is 0 Å². The van der Waals surface area contributed by atoms with Crippen LogP contribution in [0.25, 0.3) is 0 Å². The molecule has 13 heavy (non-hydrogen) atoms. The van der Waals surface area contributed by atoms with Gasteiger partial charge < -0.3 is 0 Å². The van der Waals surface area contributed by atoms with Gasteiger partial charge in [-0.25, -0.2) is 4.90 Å². The van der Waals surface area contributed by atoms with Gasteiger partial charge in [-0.3, -0.25) is 14.1 Å². The van der Waals surface area contributed by atoms with Crippen molar-refractivity contribution in [1.82, 2.24) is 4.90 Å². The van der Waals surface area contributed by atoms with Crippen molar-refractivity contribution in [3.8, 4) is 0 Å². The molecule has 0 fully saturated rings. The Morgan fingerprint density at radius 1 is 1.46 bits per heavy atom. The third-order valence-corrected chi connectivity index (χ3v) is 2.23. The summed E-state index contributed by atoms with van der Waals surface area (Å²) in [6, 6.07) is 0. The van der Waals surface area contributed by atoms with Gasteiger partial charge in [0.15, 0.2) is 4.91 Å². The Morgan fingerprint density at radius 3 is 2.23 bits per heavy atom. The number of imide groups is 1. The van der Waals surface area contributed by atoms with Crippen LogP contribution in [0.4, 0.5) is 0 Å². The Bertz CT molecular complexity index is 418. The van der Waals surface area contributed by atoms with Gasteiger partial charge in [0, 0.05) is 12.3 Å². The lowest BCUT2D eigenvalue weighted by atomic mass is 10.5. The number of carbonyl (C=O) groups excluding carboxylic acids is 2. The van der Waals surface area contributed by atoms with Crippen molar-refractivity contribution in [3.05, 3.63) is 23.8 Å². The van der Waals surface area contributed by atoms with Crippen molar-refractivity contribution in [2.75, 3.05) is 0 Å². The zero-order valence-corrected chi connectivity index (χ0v) is 7.11. The normalized spacial score (nSPS) is 17.6. The SMILES string of the molecule is C=CN1C(=O)C=C(S(=O)(=O)O)C1=O. The molecule has 1 aliphatic heterocycles. The van der Waals surface area contributed by atoms with Crippen molar-refractivity contribution in [2.24, 2.45) is 0 Å². The van der Waals surface area contributed by atoms with Gasteiger partial charge in [0.25, 0.3) is 21.9 Å². The fraction of sp³-hybridized carbons (Fsp3) is 0. The van der Waals surface area contributed by atoms with Crippen LogP contribution in [0.15, 0.2) is 23.8 Å². The van der Waals surface area contributed by atoms with E-state index >= 15 is 0 Å². The fourth-order valence-corrected chi connectivity index (χ4v) is 1.39. The quantitative estimate of drug-likeness (QED) is 0.472. The van der Waals surface area contributed by atoms with Crippen LogP contribution in [-0.2, 0) is 19.7 Å². The van der Waals surface area contributed by atoms with E-state index in [2.05, 4.69) is 6.58 Å². The molecule has 6 nitrogen and oxygen atoms in total. The zero-order chi connectivity index (χ0) is 10.2. The third-order valence-electron chi connectivity index (χ3n) is 1.38. The van der Waals surface area contributed by atoms with E-state index in [9.17, 15) is 18.0 Å². The van der Waals surface area contributed by atoms with Crippen molar-refractivity contribution >= 4 is 21.9 Å². The first-order chi connectivity index (χ1) is 5.88. The average Bonchev–Trinajstić information content (AvgIpc) is 2.25. The molecule has 0 atom stereocenters. The van der Waals surface area contributed by atoms with Crippen molar-refractivity contribution in [3.63, 3.8) is 0 Å². The molecule has 7 heteroatoms. The maximum atomic E-state index is 11.0. The third kappa shape index (κ3) is 1.51. The first kappa shape index (κ1) is 9.62. The number of rotatable bonds is 2. The first-order valence-electron chi connectivity index (χ1n) is 3.07. The van der Waals surface area contributed by atoms with Gasteiger partial charge in [0.2, 0.25) is 0 Å². The highest BCUT2D eigenvalue weighted by Crippen LogP contribution is 2.16. The number of hydrogen-bond acceptors (Lipinski definition) is 4. The number of amides is 2. The minimum absolute atomic E-state index is 0.489. The van der Waals surface area contributed by atoms with Crippen LogP contribution < -0.4 is 0 Å². The number of carbonyl (C=O) groups is 2. The Hall–Kier alpha value is -1.47. The Labute approximate surface area is 73.9 Å². The first-order valence-corrected chi connectivity index (χ1v) is 4.51. The molecule has 0 aromatic heterocycles. The lowest BCUT2D eigenvalue weighted by Crippen LogP contribution is -2.26. The second-order valence-corrected chi connectivity index (χ2v) is 3.57. The fourth-order valence-electron chi connectivity index (χ4n) is 0.820. The highest BCUT2D eigenvalue weighted by atomic mass is 32.2. The highest BCUT2D eigenvalue weighted by Gasteiger charge is 2.36. The van der Waals surface area contributed by atoms with E-state index in [1.165, 1.54) is 0 Å². The molecule has 0 aromatic carbocycles. The molecule has 0 aliphatic carbocycles. The predicted octanol–water partition coefficient (Wildman–Crippen LogP) is -0.730. The van der Waals surface area contributed by atoms with Crippen molar-refractivity contribution in [1.29, 1.82) is 0 Å². The molecule has 70 valence electrons. The van der Waals surface area contributed by atoms with E-state index in [1.54, 1.807) is 0 Å². The summed E-state index contributed by atoms with van der Waals surface area (Å²) < 4.78 is 29.5. The van der Waals surface area contributed by atoms with Gasteiger partial charge in [-0.05, 0) is 0 Å². The molecule has 2 amide bonds. The lowest BCUT2D eigenvalue weighted by molar-refractivity contribution is -0.133. The molecular formula is C6H5NO5S. The summed E-state index contributed by atoms with van der Waals surface area (Å²) >= 11 is 0. The lowest BCUT2D eigenvalue weighted by Gasteiger charge is -2.05. The van der Waals surface area contributed by atoms with E-state index in [1.807, 2.05) is 0 Å². The van der Waals surface area contributed by atoms with Crippen LogP contribution in [0, 0.1) is 0 Å². The maximum Gasteiger partial charge on any atom is 0.300 e. The van der Waals surface area contributed by atoms with Gasteiger partial charge in [-0.2, -0.15) is 8.42 Å². The summed E-state index contributed by atoms with van der Waals surface area (Å²) in [7, 11) is -4.63. The highest BCUT2D eigenvalue weighted by molar-refractivity contribution is 7.91. The molecule has 0 radical (unpaired) electrons. The van der Waals surface area contributed by atoms with Gasteiger partial charge >= 0.3 is 0 Å². The zero-order valence-electron chi connectivity index (χ0n) is 6.30. The van der Waals surface area contributed by atoms with Crippen LogP contribution in [0.2, 0.25) is 0 Å². The standard InChI is InChI=1S/C6H5NO5S/c1-2-7-5(8)3-4(6(7)9)13(10,11)12/h2-3H,1H2,(H,10,11,12). The summed E-state index contributed by atoms with van der Waals surface area (Å²) in [6.07, 6.45) is 1.42. The molecule has 1 aliphatic rings. The van der Waals surface area contributed by atoms with E-state index in [0.717, 1.165) is 6.20 Å². The van der Waals surface area contributed by atoms with Crippen LogP contribution in [0.3, 0.4) is 0 Å². The molecule has 0 spiro atoms. The molecule has 1 rings (SSSR count). The van der Waals surface area contributed by atoms with Gasteiger partial charge in [-0.1, -0.05) is 6.58 Å². The summed E-state index contributed by atoms with van der Waals surface area (Å²) in [4.78, 5) is 21.4. The molecule has 1 heterocycles. The smallest absolute Gasteiger partial charge is 0.282 e. The van der Waals surface area contributed by atoms with E-state index < -0.39 is 26.8 Å². The summed E-state index contributed by atoms with van der Waals surface area (Å²) in [5.41, 5.74) is 0. The minimum Gasteiger partial charge on any atom is -0.282 e. The molecule has 0 unspecified atom stereocenters. The average molecular weight is 203 g/mol. The van der Waals surface area contributed by atoms with Gasteiger partial charge in [-0.15, -0.1) is 0 Å². The monoisotopic (exact) mass is 203 g/mol. The Balaban J connectivity index is 3.21. The molecular weight excluding hydrogens is 198 g/mol. The van der Waals surface area contributed by atoms with Crippen LogP contribution in [0.1, 0.15) is 0 Å². The maximum absolute atomic E-state index is 11.0. The minimum atomic E-state index is -4.63. The van der Waals surface area contributed by atoms with Crippen LogP contribution in [0.5, 0.6) is 0 Å². The second-order valence-electron chi connectivity index (χ2n) is 2.18. The molecule has 0 bridgehead atoms. The summed E-state index contributed by atoms with van der Waals surface area (Å²) in [5.74, 6) is -1.94. The topological polar surface area (TPSA) is 91.8 Å². The molecule has 1 N–H and O–H groups in total. The van der Waals surface area contributed by atoms with Gasteiger partial charge in [0.05, 0.1) is 0 Å². The van der Waals surface area contributed by atoms with Crippen molar-refractivity contribution < 1.29 is 22.6 Å². The molecule has 0 aromatic rings. The van der Waals surface area contributed by atoms with E-state index in [4.69, 9.17) is 4.55 Å². The van der Waals surface area contributed by atoms with Crippen molar-refractivity contribution in [2.45, 2.75) is 0 Å². The molecule has 0 saturated heterocycles. The Kier molecular flexibility index (Phi) is 2.06. The van der Waals surface area contributed by atoms with Gasteiger partial charge in [0.1, 0.15) is 0 Å². The number of nitrogens with zero attached hydrogens (tertiary/aromatic N) is 1. The second kappa shape index (κ2) is 2.79. The Morgan fingerprint density at radius 2 is 2.00 bits per heavy atom. The molecule has 0 saturated carbocycles. The summed E-state index contributed by atoms with van der Waals surface area (Å²) in [6.45, 7) is 3.13. The van der Waals surface area contributed by atoms with Crippen LogP contribution in [-0.4, -0.2) is 29.7 Å². The number of hydrogen-bond donors (Lipinski definition) is 1. The largest absolute Gasteiger partial charge is 0.300 e. The van der Waals surface area contributed by atoms with E-state index in [-0.39, 0.29) is 0 Å². The summed E-state index contributed by atoms with van der Waals surface area (Å²) in [5, 5.41) is 0.